The van der Waals surface area contributed by atoms with Crippen molar-refractivity contribution in [2.24, 2.45) is 4.99 Å². The molecule has 1 aromatic carbocycles. The van der Waals surface area contributed by atoms with Crippen LogP contribution < -0.4 is 10.1 Å². The third-order valence-corrected chi connectivity index (χ3v) is 3.15. The van der Waals surface area contributed by atoms with Crippen molar-refractivity contribution < 1.29 is 4.74 Å². The van der Waals surface area contributed by atoms with E-state index in [1.165, 1.54) is 5.56 Å². The fraction of sp³-hybridized carbons (Fsp3) is 0.471. The van der Waals surface area contributed by atoms with Crippen molar-refractivity contribution in [1.29, 1.82) is 0 Å². The molecular weight excluding hydrogens is 262 g/mol. The van der Waals surface area contributed by atoms with E-state index in [-0.39, 0.29) is 0 Å². The van der Waals surface area contributed by atoms with Gasteiger partial charge in [-0.25, -0.2) is 0 Å². The maximum atomic E-state index is 5.68. The van der Waals surface area contributed by atoms with Gasteiger partial charge in [-0.15, -0.1) is 6.58 Å². The summed E-state index contributed by atoms with van der Waals surface area (Å²) in [7, 11) is 3.84. The summed E-state index contributed by atoms with van der Waals surface area (Å²) in [6.07, 6.45) is 4.05. The highest BCUT2D eigenvalue weighted by molar-refractivity contribution is 5.79. The first kappa shape index (κ1) is 17.1. The fourth-order valence-electron chi connectivity index (χ4n) is 1.93. The van der Waals surface area contributed by atoms with Crippen LogP contribution in [-0.2, 0) is 0 Å². The Bertz CT molecular complexity index is 440. The standard InChI is InChI=1S/C17H27N3O/c1-5-6-7-13-20(4)17(18-3)19-12-14-21-16-10-8-15(2)9-11-16/h5,8-11H,1,6-7,12-14H2,2-4H3,(H,18,19). The monoisotopic (exact) mass is 289 g/mol. The lowest BCUT2D eigenvalue weighted by Crippen LogP contribution is -2.41. The van der Waals surface area contributed by atoms with Gasteiger partial charge in [-0.05, 0) is 31.9 Å². The molecule has 4 heteroatoms. The molecular formula is C17H27N3O. The molecule has 1 rings (SSSR count). The van der Waals surface area contributed by atoms with Crippen molar-refractivity contribution in [3.8, 4) is 5.75 Å². The van der Waals surface area contributed by atoms with Crippen LogP contribution in [0.3, 0.4) is 0 Å². The number of hydrogen-bond acceptors (Lipinski definition) is 2. The minimum absolute atomic E-state index is 0.614. The number of unbranched alkanes of at least 4 members (excludes halogenated alkanes) is 1. The minimum atomic E-state index is 0.614. The Morgan fingerprint density at radius 1 is 1.38 bits per heavy atom. The fourth-order valence-corrected chi connectivity index (χ4v) is 1.93. The number of guanidine groups is 1. The third-order valence-electron chi connectivity index (χ3n) is 3.15. The van der Waals surface area contributed by atoms with E-state index in [2.05, 4.69) is 40.8 Å². The molecule has 0 unspecified atom stereocenters. The number of benzene rings is 1. The van der Waals surface area contributed by atoms with Crippen LogP contribution in [0, 0.1) is 6.92 Å². The maximum Gasteiger partial charge on any atom is 0.193 e. The highest BCUT2D eigenvalue weighted by Gasteiger charge is 2.04. The van der Waals surface area contributed by atoms with Crippen LogP contribution in [0.25, 0.3) is 0 Å². The Balaban J connectivity index is 2.25. The Morgan fingerprint density at radius 2 is 2.10 bits per heavy atom. The van der Waals surface area contributed by atoms with Crippen molar-refractivity contribution in [3.05, 3.63) is 42.5 Å². The normalized spacial score (nSPS) is 11.1. The van der Waals surface area contributed by atoms with Gasteiger partial charge in [0.25, 0.3) is 0 Å². The number of allylic oxidation sites excluding steroid dienone is 1. The molecule has 0 saturated heterocycles. The number of ether oxygens (including phenoxy) is 1. The van der Waals surface area contributed by atoms with Gasteiger partial charge in [0.1, 0.15) is 12.4 Å². The molecule has 0 aliphatic heterocycles. The molecule has 0 aromatic heterocycles. The average Bonchev–Trinajstić information content (AvgIpc) is 2.49. The van der Waals surface area contributed by atoms with Crippen molar-refractivity contribution in [2.75, 3.05) is 33.8 Å². The maximum absolute atomic E-state index is 5.68. The molecule has 0 spiro atoms. The Labute approximate surface area is 128 Å². The lowest BCUT2D eigenvalue weighted by molar-refractivity contribution is 0.319. The molecule has 116 valence electrons. The Kier molecular flexibility index (Phi) is 8.02. The number of rotatable bonds is 8. The van der Waals surface area contributed by atoms with Crippen molar-refractivity contribution in [3.63, 3.8) is 0 Å². The molecule has 0 heterocycles. The van der Waals surface area contributed by atoms with Gasteiger partial charge in [0.2, 0.25) is 0 Å². The third kappa shape index (κ3) is 6.84. The van der Waals surface area contributed by atoms with Gasteiger partial charge in [0.15, 0.2) is 5.96 Å². The zero-order valence-electron chi connectivity index (χ0n) is 13.4. The molecule has 0 amide bonds. The number of nitrogens with zero attached hydrogens (tertiary/aromatic N) is 2. The molecule has 0 radical (unpaired) electrons. The lowest BCUT2D eigenvalue weighted by Gasteiger charge is -2.21. The number of hydrogen-bond donors (Lipinski definition) is 1. The van der Waals surface area contributed by atoms with Gasteiger partial charge in [-0.2, -0.15) is 0 Å². The van der Waals surface area contributed by atoms with E-state index in [0.717, 1.165) is 37.6 Å². The number of aryl methyl sites for hydroxylation is 1. The lowest BCUT2D eigenvalue weighted by atomic mass is 10.2. The van der Waals surface area contributed by atoms with Crippen LogP contribution in [0.4, 0.5) is 0 Å². The van der Waals surface area contributed by atoms with Gasteiger partial charge in [0, 0.05) is 20.6 Å². The number of aliphatic imine (C=N–C) groups is 1. The summed E-state index contributed by atoms with van der Waals surface area (Å²) in [5, 5.41) is 3.30. The Hall–Kier alpha value is -1.97. The molecule has 0 aliphatic rings. The van der Waals surface area contributed by atoms with Crippen molar-refractivity contribution in [2.45, 2.75) is 19.8 Å². The van der Waals surface area contributed by atoms with E-state index in [4.69, 9.17) is 4.74 Å². The van der Waals surface area contributed by atoms with Crippen LogP contribution in [-0.4, -0.2) is 44.7 Å². The molecule has 1 N–H and O–H groups in total. The second-order valence-corrected chi connectivity index (χ2v) is 4.99. The summed E-state index contributed by atoms with van der Waals surface area (Å²) < 4.78 is 5.68. The van der Waals surface area contributed by atoms with E-state index in [1.54, 1.807) is 7.05 Å². The first-order chi connectivity index (χ1) is 10.2. The summed E-state index contributed by atoms with van der Waals surface area (Å²) in [5.74, 6) is 1.79. The van der Waals surface area contributed by atoms with Crippen LogP contribution in [0.2, 0.25) is 0 Å². The second-order valence-electron chi connectivity index (χ2n) is 4.99. The Morgan fingerprint density at radius 3 is 2.71 bits per heavy atom. The van der Waals surface area contributed by atoms with Gasteiger partial charge in [-0.1, -0.05) is 23.8 Å². The molecule has 0 saturated carbocycles. The summed E-state index contributed by atoms with van der Waals surface area (Å²) in [6, 6.07) is 8.08. The van der Waals surface area contributed by atoms with E-state index in [0.29, 0.717) is 6.61 Å². The summed E-state index contributed by atoms with van der Waals surface area (Å²) >= 11 is 0. The zero-order valence-corrected chi connectivity index (χ0v) is 13.4. The summed E-state index contributed by atoms with van der Waals surface area (Å²) in [5.41, 5.74) is 1.24. The topological polar surface area (TPSA) is 36.9 Å². The van der Waals surface area contributed by atoms with Crippen LogP contribution in [0.15, 0.2) is 41.9 Å². The molecule has 0 fully saturated rings. The zero-order chi connectivity index (χ0) is 15.5. The van der Waals surface area contributed by atoms with E-state index in [9.17, 15) is 0 Å². The number of nitrogens with one attached hydrogen (secondary N) is 1. The van der Waals surface area contributed by atoms with Crippen molar-refractivity contribution in [1.82, 2.24) is 10.2 Å². The predicted molar refractivity (Wildman–Crippen MR) is 90.1 cm³/mol. The average molecular weight is 289 g/mol. The molecule has 0 aliphatic carbocycles. The second kappa shape index (κ2) is 9.86. The summed E-state index contributed by atoms with van der Waals surface area (Å²) in [4.78, 5) is 6.39. The van der Waals surface area contributed by atoms with Gasteiger partial charge >= 0.3 is 0 Å². The van der Waals surface area contributed by atoms with E-state index < -0.39 is 0 Å². The van der Waals surface area contributed by atoms with Gasteiger partial charge in [0.05, 0.1) is 6.54 Å². The van der Waals surface area contributed by atoms with E-state index in [1.807, 2.05) is 25.3 Å². The van der Waals surface area contributed by atoms with Gasteiger partial charge in [-0.3, -0.25) is 4.99 Å². The predicted octanol–water partition coefficient (Wildman–Crippen LogP) is 2.85. The summed E-state index contributed by atoms with van der Waals surface area (Å²) in [6.45, 7) is 8.11. The van der Waals surface area contributed by atoms with Crippen LogP contribution in [0.5, 0.6) is 5.75 Å². The largest absolute Gasteiger partial charge is 0.492 e. The molecule has 4 nitrogen and oxygen atoms in total. The minimum Gasteiger partial charge on any atom is -0.492 e. The first-order valence-corrected chi connectivity index (χ1v) is 7.39. The van der Waals surface area contributed by atoms with E-state index >= 15 is 0 Å². The van der Waals surface area contributed by atoms with Crippen LogP contribution >= 0.6 is 0 Å². The molecule has 21 heavy (non-hydrogen) atoms. The van der Waals surface area contributed by atoms with Gasteiger partial charge < -0.3 is 15.0 Å². The smallest absolute Gasteiger partial charge is 0.193 e. The van der Waals surface area contributed by atoms with Crippen LogP contribution in [0.1, 0.15) is 18.4 Å². The molecule has 0 bridgehead atoms. The first-order valence-electron chi connectivity index (χ1n) is 7.39. The molecule has 1 aromatic rings. The quantitative estimate of drug-likeness (QED) is 0.346. The SMILES string of the molecule is C=CCCCN(C)C(=NC)NCCOc1ccc(C)cc1. The highest BCUT2D eigenvalue weighted by atomic mass is 16.5. The van der Waals surface area contributed by atoms with Crippen molar-refractivity contribution >= 4 is 5.96 Å². The highest BCUT2D eigenvalue weighted by Crippen LogP contribution is 2.10. The molecule has 0 atom stereocenters.